The number of ether oxygens (including phenoxy) is 1. The normalized spacial score (nSPS) is 11.0. The lowest BCUT2D eigenvalue weighted by Crippen LogP contribution is -2.23. The Balaban J connectivity index is 1.69. The first-order chi connectivity index (χ1) is 12.7. The van der Waals surface area contributed by atoms with E-state index in [0.717, 1.165) is 10.9 Å². The van der Waals surface area contributed by atoms with Gasteiger partial charge in [0.15, 0.2) is 11.6 Å². The number of rotatable bonds is 6. The number of nitrogens with one attached hydrogen (secondary N) is 1. The molecular weight excluding hydrogens is 331 g/mol. The monoisotopic (exact) mass is 350 g/mol. The van der Waals surface area contributed by atoms with E-state index in [1.165, 1.54) is 0 Å². The largest absolute Gasteiger partial charge is 0.486 e. The zero-order valence-corrected chi connectivity index (χ0v) is 14.4. The van der Waals surface area contributed by atoms with Crippen molar-refractivity contribution in [1.29, 1.82) is 0 Å². The minimum Gasteiger partial charge on any atom is -0.486 e. The minimum absolute atomic E-state index is 0.0799. The quantitative estimate of drug-likeness (QED) is 0.676. The molecule has 0 unspecified atom stereocenters. The summed E-state index contributed by atoms with van der Waals surface area (Å²) >= 11 is 0. The molecule has 1 N–H and O–H groups in total. The molecule has 0 bridgehead atoms. The van der Waals surface area contributed by atoms with E-state index < -0.39 is 5.82 Å². The molecule has 4 nitrogen and oxygen atoms in total. The van der Waals surface area contributed by atoms with Gasteiger partial charge >= 0.3 is 0 Å². The summed E-state index contributed by atoms with van der Waals surface area (Å²) in [6.45, 7) is 2.25. The molecule has 1 amide bonds. The Morgan fingerprint density at radius 2 is 2.12 bits per heavy atom. The maximum Gasteiger partial charge on any atom is 0.251 e. The second-order valence-electron chi connectivity index (χ2n) is 5.70. The molecule has 0 spiro atoms. The Hall–Kier alpha value is -3.21. The second kappa shape index (κ2) is 8.25. The van der Waals surface area contributed by atoms with Crippen molar-refractivity contribution in [1.82, 2.24) is 10.3 Å². The molecule has 0 atom stereocenters. The van der Waals surface area contributed by atoms with Gasteiger partial charge in [-0.3, -0.25) is 9.78 Å². The lowest BCUT2D eigenvalue weighted by Gasteiger charge is -2.10. The number of hydrogen-bond donors (Lipinski definition) is 1. The summed E-state index contributed by atoms with van der Waals surface area (Å²) < 4.78 is 19.8. The molecule has 0 saturated heterocycles. The van der Waals surface area contributed by atoms with Gasteiger partial charge in [-0.05, 0) is 37.3 Å². The minimum atomic E-state index is -0.458. The van der Waals surface area contributed by atoms with Crippen molar-refractivity contribution in [2.75, 3.05) is 6.61 Å². The van der Waals surface area contributed by atoms with Crippen LogP contribution in [0.2, 0.25) is 0 Å². The first-order valence-electron chi connectivity index (χ1n) is 8.33. The zero-order valence-electron chi connectivity index (χ0n) is 14.4. The zero-order chi connectivity index (χ0) is 18.4. The van der Waals surface area contributed by atoms with Crippen LogP contribution >= 0.6 is 0 Å². The number of aromatic nitrogens is 1. The Labute approximate surface area is 151 Å². The van der Waals surface area contributed by atoms with Crippen LogP contribution in [0.4, 0.5) is 4.39 Å². The highest BCUT2D eigenvalue weighted by Crippen LogP contribution is 2.21. The third kappa shape index (κ3) is 4.06. The number of nitrogens with zero attached hydrogens (tertiary/aromatic N) is 1. The van der Waals surface area contributed by atoms with Crippen molar-refractivity contribution in [3.63, 3.8) is 0 Å². The third-order valence-corrected chi connectivity index (χ3v) is 3.92. The van der Waals surface area contributed by atoms with E-state index in [2.05, 4.69) is 10.3 Å². The van der Waals surface area contributed by atoms with Gasteiger partial charge in [-0.2, -0.15) is 0 Å². The molecular formula is C21H19FN2O2. The molecule has 2 aromatic carbocycles. The molecule has 3 aromatic rings. The van der Waals surface area contributed by atoms with E-state index in [1.807, 2.05) is 25.1 Å². The Morgan fingerprint density at radius 1 is 1.23 bits per heavy atom. The van der Waals surface area contributed by atoms with Gasteiger partial charge in [0.25, 0.3) is 5.91 Å². The van der Waals surface area contributed by atoms with Crippen LogP contribution in [0.5, 0.6) is 5.75 Å². The topological polar surface area (TPSA) is 51.2 Å². The Bertz CT molecular complexity index is 954. The van der Waals surface area contributed by atoms with Crippen LogP contribution in [0.15, 0.2) is 66.9 Å². The summed E-state index contributed by atoms with van der Waals surface area (Å²) in [5.74, 6) is -0.554. The predicted octanol–water partition coefficient (Wildman–Crippen LogP) is 4.26. The molecule has 1 heterocycles. The number of pyridine rings is 1. The van der Waals surface area contributed by atoms with Gasteiger partial charge in [0.2, 0.25) is 0 Å². The second-order valence-corrected chi connectivity index (χ2v) is 5.70. The van der Waals surface area contributed by atoms with Gasteiger partial charge in [-0.25, -0.2) is 4.39 Å². The van der Waals surface area contributed by atoms with Gasteiger partial charge in [0.05, 0.1) is 5.52 Å². The summed E-state index contributed by atoms with van der Waals surface area (Å²) in [4.78, 5) is 16.6. The van der Waals surface area contributed by atoms with E-state index in [1.54, 1.807) is 48.7 Å². The number of fused-ring (bicyclic) bond motifs is 1. The number of carbonyl (C=O) groups is 1. The number of allylic oxidation sites excluding steroid dienone is 1. The van der Waals surface area contributed by atoms with Gasteiger partial charge in [-0.15, -0.1) is 0 Å². The van der Waals surface area contributed by atoms with Crippen molar-refractivity contribution in [3.05, 3.63) is 83.8 Å². The standard InChI is InChI=1S/C21H19FN2O2/c1-2-3-12-26-19-8-4-6-17(20(19)22)14-24-21(25)16-9-10-18-15(13-16)7-5-11-23-18/h2-11,13H,12,14H2,1H3,(H,24,25)/b3-2+. The molecule has 26 heavy (non-hydrogen) atoms. The molecule has 0 radical (unpaired) electrons. The van der Waals surface area contributed by atoms with E-state index in [4.69, 9.17) is 4.74 Å². The fraction of sp³-hybridized carbons (Fsp3) is 0.143. The number of carbonyl (C=O) groups excluding carboxylic acids is 1. The van der Waals surface area contributed by atoms with Crippen LogP contribution in [0.3, 0.4) is 0 Å². The summed E-state index contributed by atoms with van der Waals surface area (Å²) in [5, 5.41) is 3.63. The number of amides is 1. The van der Waals surface area contributed by atoms with Gasteiger partial charge < -0.3 is 10.1 Å². The highest BCUT2D eigenvalue weighted by Gasteiger charge is 2.11. The molecule has 0 aliphatic carbocycles. The first kappa shape index (κ1) is 17.6. The van der Waals surface area contributed by atoms with Crippen LogP contribution in [-0.4, -0.2) is 17.5 Å². The van der Waals surface area contributed by atoms with Crippen LogP contribution < -0.4 is 10.1 Å². The fourth-order valence-corrected chi connectivity index (χ4v) is 2.53. The molecule has 3 rings (SSSR count). The molecule has 0 aliphatic heterocycles. The van der Waals surface area contributed by atoms with Crippen LogP contribution in [0, 0.1) is 5.82 Å². The molecule has 0 fully saturated rings. The first-order valence-corrected chi connectivity index (χ1v) is 8.33. The molecule has 132 valence electrons. The van der Waals surface area contributed by atoms with Crippen molar-refractivity contribution >= 4 is 16.8 Å². The average Bonchev–Trinajstić information content (AvgIpc) is 2.68. The smallest absolute Gasteiger partial charge is 0.251 e. The Kier molecular flexibility index (Phi) is 5.59. The average molecular weight is 350 g/mol. The van der Waals surface area contributed by atoms with Crippen molar-refractivity contribution in [2.45, 2.75) is 13.5 Å². The van der Waals surface area contributed by atoms with E-state index in [0.29, 0.717) is 17.7 Å². The SMILES string of the molecule is C/C=C/COc1cccc(CNC(=O)c2ccc3ncccc3c2)c1F. The number of hydrogen-bond acceptors (Lipinski definition) is 3. The highest BCUT2D eigenvalue weighted by atomic mass is 19.1. The van der Waals surface area contributed by atoms with Crippen molar-refractivity contribution in [2.24, 2.45) is 0 Å². The summed E-state index contributed by atoms with van der Waals surface area (Å²) in [6.07, 6.45) is 5.33. The van der Waals surface area contributed by atoms with Crippen molar-refractivity contribution < 1.29 is 13.9 Å². The van der Waals surface area contributed by atoms with Crippen LogP contribution in [0.1, 0.15) is 22.8 Å². The highest BCUT2D eigenvalue weighted by molar-refractivity contribution is 5.97. The summed E-state index contributed by atoms with van der Waals surface area (Å²) in [7, 11) is 0. The maximum atomic E-state index is 14.5. The predicted molar refractivity (Wildman–Crippen MR) is 99.6 cm³/mol. The fourth-order valence-electron chi connectivity index (χ4n) is 2.53. The molecule has 5 heteroatoms. The van der Waals surface area contributed by atoms with E-state index in [9.17, 15) is 9.18 Å². The molecule has 0 aliphatic rings. The van der Waals surface area contributed by atoms with Gasteiger partial charge in [0, 0.05) is 29.3 Å². The lowest BCUT2D eigenvalue weighted by molar-refractivity contribution is 0.0950. The van der Waals surface area contributed by atoms with E-state index in [-0.39, 0.29) is 18.2 Å². The number of halogens is 1. The van der Waals surface area contributed by atoms with Gasteiger partial charge in [0.1, 0.15) is 6.61 Å². The maximum absolute atomic E-state index is 14.5. The van der Waals surface area contributed by atoms with Gasteiger partial charge in [-0.1, -0.05) is 30.4 Å². The molecule has 1 aromatic heterocycles. The summed E-state index contributed by atoms with van der Waals surface area (Å²) in [6, 6.07) is 13.9. The summed E-state index contributed by atoms with van der Waals surface area (Å²) in [5.41, 5.74) is 1.70. The molecule has 0 saturated carbocycles. The van der Waals surface area contributed by atoms with Crippen LogP contribution in [-0.2, 0) is 6.54 Å². The Morgan fingerprint density at radius 3 is 2.96 bits per heavy atom. The van der Waals surface area contributed by atoms with E-state index >= 15 is 0 Å². The number of benzene rings is 2. The lowest BCUT2D eigenvalue weighted by atomic mass is 10.1. The van der Waals surface area contributed by atoms with Crippen LogP contribution in [0.25, 0.3) is 10.9 Å². The third-order valence-electron chi connectivity index (χ3n) is 3.92. The van der Waals surface area contributed by atoms with Crippen molar-refractivity contribution in [3.8, 4) is 5.75 Å².